The van der Waals surface area contributed by atoms with E-state index in [2.05, 4.69) is 47.5 Å². The van der Waals surface area contributed by atoms with Gasteiger partial charge in [-0.15, -0.1) is 0 Å². The summed E-state index contributed by atoms with van der Waals surface area (Å²) < 4.78 is 0. The summed E-state index contributed by atoms with van der Waals surface area (Å²) >= 11 is 0. The van der Waals surface area contributed by atoms with Gasteiger partial charge in [0.25, 0.3) is 0 Å². The van der Waals surface area contributed by atoms with E-state index >= 15 is 0 Å². The highest BCUT2D eigenvalue weighted by molar-refractivity contribution is 5.88. The van der Waals surface area contributed by atoms with Gasteiger partial charge < -0.3 is 15.1 Å². The monoisotopic (exact) mass is 362 g/mol. The average molecular weight is 362 g/mol. The molecule has 0 bridgehead atoms. The van der Waals surface area contributed by atoms with E-state index in [-0.39, 0.29) is 5.91 Å². The first-order valence-electron chi connectivity index (χ1n) is 9.28. The number of aryl methyl sites for hydroxylation is 1. The lowest BCUT2D eigenvalue weighted by Gasteiger charge is -2.40. The molecule has 0 radical (unpaired) electrons. The molecule has 0 aromatic heterocycles. The lowest BCUT2D eigenvalue weighted by molar-refractivity contribution is -0.135. The van der Waals surface area contributed by atoms with Crippen molar-refractivity contribution in [1.82, 2.24) is 4.90 Å². The Morgan fingerprint density at radius 3 is 2.33 bits per heavy atom. The molecule has 1 amide bonds. The van der Waals surface area contributed by atoms with Crippen LogP contribution in [0.25, 0.3) is 0 Å². The van der Waals surface area contributed by atoms with E-state index in [4.69, 9.17) is 5.26 Å². The number of carbonyl (C=O) groups excluding carboxylic acids is 1. The summed E-state index contributed by atoms with van der Waals surface area (Å²) in [4.78, 5) is 17.3. The number of anilines is 2. The summed E-state index contributed by atoms with van der Waals surface area (Å²) in [5, 5.41) is 12.2. The highest BCUT2D eigenvalue weighted by Crippen LogP contribution is 2.21. The lowest BCUT2D eigenvalue weighted by atomic mass is 10.0. The summed E-state index contributed by atoms with van der Waals surface area (Å²) in [6.45, 7) is 9.00. The zero-order valence-corrected chi connectivity index (χ0v) is 16.2. The van der Waals surface area contributed by atoms with Crippen LogP contribution in [0.15, 0.2) is 48.5 Å². The number of nitrogens with one attached hydrogen (secondary N) is 1. The molecule has 5 heteroatoms. The van der Waals surface area contributed by atoms with Crippen molar-refractivity contribution in [2.75, 3.05) is 36.4 Å². The van der Waals surface area contributed by atoms with E-state index in [0.29, 0.717) is 18.7 Å². The predicted molar refractivity (Wildman–Crippen MR) is 109 cm³/mol. The normalized spacial score (nSPS) is 14.6. The number of carbonyl (C=O) groups is 1. The number of nitrogens with zero attached hydrogens (tertiary/aromatic N) is 3. The van der Waals surface area contributed by atoms with Gasteiger partial charge in [-0.1, -0.05) is 12.1 Å². The van der Waals surface area contributed by atoms with Crippen molar-refractivity contribution in [3.05, 3.63) is 59.7 Å². The summed E-state index contributed by atoms with van der Waals surface area (Å²) in [5.74, 6) is 0.0933. The van der Waals surface area contributed by atoms with Crippen LogP contribution in [-0.4, -0.2) is 42.5 Å². The Labute approximate surface area is 161 Å². The van der Waals surface area contributed by atoms with Crippen molar-refractivity contribution in [3.8, 4) is 6.07 Å². The maximum absolute atomic E-state index is 13.0. The van der Waals surface area contributed by atoms with E-state index in [0.717, 1.165) is 18.8 Å². The maximum Gasteiger partial charge on any atom is 0.247 e. The van der Waals surface area contributed by atoms with Gasteiger partial charge in [0, 0.05) is 37.6 Å². The van der Waals surface area contributed by atoms with Crippen LogP contribution in [0.5, 0.6) is 0 Å². The first-order chi connectivity index (χ1) is 12.9. The molecule has 0 spiro atoms. The zero-order chi connectivity index (χ0) is 19.4. The van der Waals surface area contributed by atoms with Gasteiger partial charge in [0.1, 0.15) is 5.54 Å². The molecule has 140 valence electrons. The van der Waals surface area contributed by atoms with E-state index < -0.39 is 5.54 Å². The standard InChI is InChI=1S/C22H26N4O/c1-17-5-4-6-20(15-17)25-11-13-26(14-12-25)21(27)22(2,3)24-19-9-7-18(16-23)8-10-19/h4-10,15,24H,11-14H2,1-3H3. The van der Waals surface area contributed by atoms with Gasteiger partial charge in [0.15, 0.2) is 0 Å². The second-order valence-electron chi connectivity index (χ2n) is 7.56. The Bertz CT molecular complexity index is 843. The van der Waals surface area contributed by atoms with Crippen LogP contribution >= 0.6 is 0 Å². The molecule has 1 fully saturated rings. The van der Waals surface area contributed by atoms with E-state index in [9.17, 15) is 4.79 Å². The largest absolute Gasteiger partial charge is 0.372 e. The fourth-order valence-electron chi connectivity index (χ4n) is 3.43. The Kier molecular flexibility index (Phi) is 5.36. The number of amides is 1. The quantitative estimate of drug-likeness (QED) is 0.905. The van der Waals surface area contributed by atoms with E-state index in [1.165, 1.54) is 11.3 Å². The highest BCUT2D eigenvalue weighted by Gasteiger charge is 2.33. The van der Waals surface area contributed by atoms with Crippen molar-refractivity contribution >= 4 is 17.3 Å². The van der Waals surface area contributed by atoms with Gasteiger partial charge in [-0.3, -0.25) is 4.79 Å². The fourth-order valence-corrected chi connectivity index (χ4v) is 3.43. The summed E-state index contributed by atoms with van der Waals surface area (Å²) in [6, 6.07) is 17.8. The number of hydrogen-bond donors (Lipinski definition) is 1. The fraction of sp³-hybridized carbons (Fsp3) is 0.364. The Balaban J connectivity index is 1.61. The van der Waals surface area contributed by atoms with Crippen molar-refractivity contribution in [3.63, 3.8) is 0 Å². The Morgan fingerprint density at radius 1 is 1.07 bits per heavy atom. The topological polar surface area (TPSA) is 59.4 Å². The van der Waals surface area contributed by atoms with Gasteiger partial charge >= 0.3 is 0 Å². The third-order valence-electron chi connectivity index (χ3n) is 4.94. The Hall–Kier alpha value is -3.00. The molecule has 1 saturated heterocycles. The minimum Gasteiger partial charge on any atom is -0.372 e. The maximum atomic E-state index is 13.0. The third-order valence-corrected chi connectivity index (χ3v) is 4.94. The number of benzene rings is 2. The zero-order valence-electron chi connectivity index (χ0n) is 16.2. The van der Waals surface area contributed by atoms with E-state index in [1.807, 2.05) is 30.9 Å². The molecular weight excluding hydrogens is 336 g/mol. The summed E-state index contributed by atoms with van der Waals surface area (Å²) in [7, 11) is 0. The van der Waals surface area contributed by atoms with Crippen LogP contribution in [0.4, 0.5) is 11.4 Å². The second-order valence-corrected chi connectivity index (χ2v) is 7.56. The van der Waals surface area contributed by atoms with Crippen LogP contribution in [-0.2, 0) is 4.79 Å². The number of rotatable bonds is 4. The van der Waals surface area contributed by atoms with Crippen LogP contribution in [0.2, 0.25) is 0 Å². The van der Waals surface area contributed by atoms with E-state index in [1.54, 1.807) is 12.1 Å². The van der Waals surface area contributed by atoms with Gasteiger partial charge in [-0.25, -0.2) is 0 Å². The molecule has 1 aliphatic heterocycles. The second kappa shape index (κ2) is 7.71. The molecule has 3 rings (SSSR count). The van der Waals surface area contributed by atoms with Crippen molar-refractivity contribution in [2.24, 2.45) is 0 Å². The lowest BCUT2D eigenvalue weighted by Crippen LogP contribution is -2.56. The predicted octanol–water partition coefficient (Wildman–Crippen LogP) is 3.41. The number of piperazine rings is 1. The van der Waals surface area contributed by atoms with Gasteiger partial charge in [-0.2, -0.15) is 5.26 Å². The third kappa shape index (κ3) is 4.40. The molecule has 1 heterocycles. The average Bonchev–Trinajstić information content (AvgIpc) is 2.68. The minimum atomic E-state index is -0.709. The van der Waals surface area contributed by atoms with Gasteiger partial charge in [0.2, 0.25) is 5.91 Å². The molecule has 27 heavy (non-hydrogen) atoms. The molecule has 0 unspecified atom stereocenters. The molecule has 2 aromatic rings. The molecule has 5 nitrogen and oxygen atoms in total. The SMILES string of the molecule is Cc1cccc(N2CCN(C(=O)C(C)(C)Nc3ccc(C#N)cc3)CC2)c1. The molecular formula is C22H26N4O. The highest BCUT2D eigenvalue weighted by atomic mass is 16.2. The first-order valence-corrected chi connectivity index (χ1v) is 9.28. The molecule has 0 saturated carbocycles. The molecule has 1 N–H and O–H groups in total. The molecule has 0 atom stereocenters. The molecule has 1 aliphatic rings. The summed E-state index contributed by atoms with van der Waals surface area (Å²) in [6.07, 6.45) is 0. The van der Waals surface area contributed by atoms with Crippen molar-refractivity contribution < 1.29 is 4.79 Å². The van der Waals surface area contributed by atoms with Gasteiger partial charge in [0.05, 0.1) is 11.6 Å². The van der Waals surface area contributed by atoms with Crippen LogP contribution in [0.3, 0.4) is 0 Å². The van der Waals surface area contributed by atoms with Crippen LogP contribution in [0, 0.1) is 18.3 Å². The summed E-state index contributed by atoms with van der Waals surface area (Å²) in [5.41, 5.74) is 3.21. The van der Waals surface area contributed by atoms with Gasteiger partial charge in [-0.05, 0) is 62.7 Å². The first kappa shape index (κ1) is 18.8. The Morgan fingerprint density at radius 2 is 1.74 bits per heavy atom. The number of nitriles is 1. The van der Waals surface area contributed by atoms with Crippen LogP contribution < -0.4 is 10.2 Å². The van der Waals surface area contributed by atoms with Crippen molar-refractivity contribution in [2.45, 2.75) is 26.3 Å². The minimum absolute atomic E-state index is 0.0933. The van der Waals surface area contributed by atoms with Crippen LogP contribution in [0.1, 0.15) is 25.0 Å². The molecule has 0 aliphatic carbocycles. The number of hydrogen-bond acceptors (Lipinski definition) is 4. The van der Waals surface area contributed by atoms with Crippen molar-refractivity contribution in [1.29, 1.82) is 5.26 Å². The smallest absolute Gasteiger partial charge is 0.247 e. The molecule has 2 aromatic carbocycles.